The fourth-order valence-electron chi connectivity index (χ4n) is 3.20. The topological polar surface area (TPSA) is 77.3 Å². The van der Waals surface area contributed by atoms with Crippen LogP contribution in [-0.2, 0) is 10.0 Å². The van der Waals surface area contributed by atoms with E-state index in [1.807, 2.05) is 25.1 Å². The lowest BCUT2D eigenvalue weighted by Crippen LogP contribution is -2.40. The van der Waals surface area contributed by atoms with Crippen LogP contribution in [0.5, 0.6) is 0 Å². The maximum absolute atomic E-state index is 13.2. The molecule has 1 aromatic heterocycles. The number of nitrogens with zero attached hydrogens (tertiary/aromatic N) is 4. The molecule has 2 rings (SSSR count). The SMILES string of the molecule is Cc1ncc(S(=O)(=O)N(CCN(C)C)CC2CCCCC2)cc1C#N. The molecule has 0 bridgehead atoms. The molecule has 138 valence electrons. The Hall–Kier alpha value is -1.49. The standard InChI is InChI=1S/C18H28N4O2S/c1-15-17(12-19)11-18(13-20-15)25(23,24)22(10-9-21(2)3)14-16-7-5-4-6-8-16/h11,13,16H,4-10,14H2,1-3H3. The van der Waals surface area contributed by atoms with Gasteiger partial charge in [0.2, 0.25) is 10.0 Å². The van der Waals surface area contributed by atoms with Gasteiger partial charge in [-0.2, -0.15) is 9.57 Å². The van der Waals surface area contributed by atoms with E-state index in [4.69, 9.17) is 0 Å². The summed E-state index contributed by atoms with van der Waals surface area (Å²) in [6.45, 7) is 3.37. The second-order valence-electron chi connectivity index (χ2n) is 7.09. The Kier molecular flexibility index (Phi) is 6.94. The largest absolute Gasteiger partial charge is 0.308 e. The van der Waals surface area contributed by atoms with Crippen LogP contribution in [0.25, 0.3) is 0 Å². The van der Waals surface area contributed by atoms with Gasteiger partial charge in [-0.15, -0.1) is 0 Å². The zero-order valence-corrected chi connectivity index (χ0v) is 16.2. The second kappa shape index (κ2) is 8.75. The number of likely N-dealkylation sites (N-methyl/N-ethyl adjacent to an activating group) is 1. The van der Waals surface area contributed by atoms with Crippen LogP contribution < -0.4 is 0 Å². The highest BCUT2D eigenvalue weighted by Crippen LogP contribution is 2.27. The average molecular weight is 365 g/mol. The molecule has 0 aromatic carbocycles. The Morgan fingerprint density at radius 2 is 1.92 bits per heavy atom. The van der Waals surface area contributed by atoms with E-state index in [2.05, 4.69) is 4.98 Å². The first-order valence-electron chi connectivity index (χ1n) is 8.86. The van der Waals surface area contributed by atoms with Gasteiger partial charge in [-0.25, -0.2) is 8.42 Å². The molecule has 0 saturated heterocycles. The predicted molar refractivity (Wildman–Crippen MR) is 97.6 cm³/mol. The molecule has 1 saturated carbocycles. The molecule has 1 aromatic rings. The molecule has 0 aliphatic heterocycles. The van der Waals surface area contributed by atoms with E-state index < -0.39 is 10.0 Å². The third kappa shape index (κ3) is 5.24. The first kappa shape index (κ1) is 19.8. The van der Waals surface area contributed by atoms with E-state index in [0.29, 0.717) is 36.8 Å². The summed E-state index contributed by atoms with van der Waals surface area (Å²) in [7, 11) is 0.222. The number of pyridine rings is 1. The van der Waals surface area contributed by atoms with Crippen molar-refractivity contribution in [1.82, 2.24) is 14.2 Å². The molecular formula is C18H28N4O2S. The lowest BCUT2D eigenvalue weighted by Gasteiger charge is -2.30. The van der Waals surface area contributed by atoms with Crippen LogP contribution in [0.15, 0.2) is 17.2 Å². The van der Waals surface area contributed by atoms with Crippen molar-refractivity contribution in [3.63, 3.8) is 0 Å². The quantitative estimate of drug-likeness (QED) is 0.742. The molecule has 7 heteroatoms. The highest BCUT2D eigenvalue weighted by atomic mass is 32.2. The molecule has 25 heavy (non-hydrogen) atoms. The van der Waals surface area contributed by atoms with Gasteiger partial charge in [0, 0.05) is 25.8 Å². The number of nitriles is 1. The smallest absolute Gasteiger partial charge is 0.244 e. The first-order chi connectivity index (χ1) is 11.8. The third-order valence-electron chi connectivity index (χ3n) is 4.80. The first-order valence-corrected chi connectivity index (χ1v) is 10.3. The van der Waals surface area contributed by atoms with Crippen LogP contribution >= 0.6 is 0 Å². The highest BCUT2D eigenvalue weighted by Gasteiger charge is 2.28. The summed E-state index contributed by atoms with van der Waals surface area (Å²) in [6, 6.07) is 3.47. The molecule has 0 spiro atoms. The van der Waals surface area contributed by atoms with Crippen molar-refractivity contribution in [1.29, 1.82) is 5.26 Å². The van der Waals surface area contributed by atoms with Crippen LogP contribution in [-0.4, -0.2) is 56.3 Å². The maximum atomic E-state index is 13.2. The van der Waals surface area contributed by atoms with Gasteiger partial charge in [0.15, 0.2) is 0 Å². The lowest BCUT2D eigenvalue weighted by molar-refractivity contribution is 0.261. The minimum atomic E-state index is -3.65. The summed E-state index contributed by atoms with van der Waals surface area (Å²) in [4.78, 5) is 6.20. The molecular weight excluding hydrogens is 336 g/mol. The molecule has 0 amide bonds. The van der Waals surface area contributed by atoms with Crippen LogP contribution in [0.3, 0.4) is 0 Å². The van der Waals surface area contributed by atoms with Crippen molar-refractivity contribution >= 4 is 10.0 Å². The van der Waals surface area contributed by atoms with Gasteiger partial charge in [-0.3, -0.25) is 4.98 Å². The zero-order valence-electron chi connectivity index (χ0n) is 15.4. The van der Waals surface area contributed by atoms with Gasteiger partial charge < -0.3 is 4.90 Å². The predicted octanol–water partition coefficient (Wildman–Crippen LogP) is 2.39. The minimum Gasteiger partial charge on any atom is -0.308 e. The second-order valence-corrected chi connectivity index (χ2v) is 9.02. The van der Waals surface area contributed by atoms with Crippen molar-refractivity contribution in [2.45, 2.75) is 43.9 Å². The molecule has 1 aliphatic rings. The Labute approximate surface area is 151 Å². The molecule has 6 nitrogen and oxygen atoms in total. The number of aromatic nitrogens is 1. The Morgan fingerprint density at radius 3 is 2.52 bits per heavy atom. The van der Waals surface area contributed by atoms with E-state index in [9.17, 15) is 13.7 Å². The van der Waals surface area contributed by atoms with Gasteiger partial charge in [-0.05, 0) is 45.8 Å². The van der Waals surface area contributed by atoms with Crippen LogP contribution in [0.2, 0.25) is 0 Å². The molecule has 0 atom stereocenters. The Morgan fingerprint density at radius 1 is 1.24 bits per heavy atom. The third-order valence-corrected chi connectivity index (χ3v) is 6.63. The van der Waals surface area contributed by atoms with Crippen molar-refractivity contribution in [3.05, 3.63) is 23.5 Å². The highest BCUT2D eigenvalue weighted by molar-refractivity contribution is 7.89. The van der Waals surface area contributed by atoms with Crippen molar-refractivity contribution in [2.75, 3.05) is 33.7 Å². The molecule has 0 unspecified atom stereocenters. The summed E-state index contributed by atoms with van der Waals surface area (Å²) >= 11 is 0. The fraction of sp³-hybridized carbons (Fsp3) is 0.667. The summed E-state index contributed by atoms with van der Waals surface area (Å²) < 4.78 is 27.9. The van der Waals surface area contributed by atoms with E-state index in [-0.39, 0.29) is 4.90 Å². The van der Waals surface area contributed by atoms with Crippen LogP contribution in [0.1, 0.15) is 43.4 Å². The summed E-state index contributed by atoms with van der Waals surface area (Å²) in [6.07, 6.45) is 7.14. The normalized spacial score (nSPS) is 16.3. The van der Waals surface area contributed by atoms with Gasteiger partial charge in [0.05, 0.1) is 11.3 Å². The number of rotatable bonds is 7. The van der Waals surface area contributed by atoms with E-state index in [1.54, 1.807) is 11.2 Å². The van der Waals surface area contributed by atoms with Crippen molar-refractivity contribution in [2.24, 2.45) is 5.92 Å². The molecule has 1 fully saturated rings. The summed E-state index contributed by atoms with van der Waals surface area (Å²) in [5.41, 5.74) is 0.861. The van der Waals surface area contributed by atoms with Gasteiger partial charge in [0.1, 0.15) is 11.0 Å². The fourth-order valence-corrected chi connectivity index (χ4v) is 4.68. The van der Waals surface area contributed by atoms with Gasteiger partial charge >= 0.3 is 0 Å². The van der Waals surface area contributed by atoms with E-state index in [0.717, 1.165) is 12.8 Å². The average Bonchev–Trinajstić information content (AvgIpc) is 2.59. The summed E-state index contributed by atoms with van der Waals surface area (Å²) in [5, 5.41) is 9.18. The number of aryl methyl sites for hydroxylation is 1. The van der Waals surface area contributed by atoms with Crippen molar-refractivity contribution in [3.8, 4) is 6.07 Å². The molecule has 1 aliphatic carbocycles. The lowest BCUT2D eigenvalue weighted by atomic mass is 9.89. The zero-order chi connectivity index (χ0) is 18.4. The van der Waals surface area contributed by atoms with Gasteiger partial charge in [-0.1, -0.05) is 19.3 Å². The van der Waals surface area contributed by atoms with Crippen molar-refractivity contribution < 1.29 is 8.42 Å². The minimum absolute atomic E-state index is 0.115. The van der Waals surface area contributed by atoms with Crippen LogP contribution in [0.4, 0.5) is 0 Å². The number of hydrogen-bond donors (Lipinski definition) is 0. The van der Waals surface area contributed by atoms with Gasteiger partial charge in [0.25, 0.3) is 0 Å². The van der Waals surface area contributed by atoms with E-state index in [1.165, 1.54) is 31.5 Å². The van der Waals surface area contributed by atoms with E-state index >= 15 is 0 Å². The summed E-state index contributed by atoms with van der Waals surface area (Å²) in [5.74, 6) is 0.416. The monoisotopic (exact) mass is 364 g/mol. The van der Waals surface area contributed by atoms with Crippen LogP contribution in [0, 0.1) is 24.2 Å². The molecule has 1 heterocycles. The Bertz CT molecular complexity index is 719. The number of hydrogen-bond acceptors (Lipinski definition) is 5. The molecule has 0 radical (unpaired) electrons. The maximum Gasteiger partial charge on any atom is 0.244 e. The molecule has 0 N–H and O–H groups in total. The Balaban J connectivity index is 2.27. The number of sulfonamides is 1.